The Morgan fingerprint density at radius 1 is 1.14 bits per heavy atom. The largest absolute Gasteiger partial charge is 0.334 e. The van der Waals surface area contributed by atoms with Gasteiger partial charge in [-0.05, 0) is 38.0 Å². The molecular weight excluding hydrogens is 264 g/mol. The summed E-state index contributed by atoms with van der Waals surface area (Å²) in [6.07, 6.45) is 2.06. The lowest BCUT2D eigenvalue weighted by Crippen LogP contribution is -2.41. The maximum Gasteiger partial charge on any atom is 0.317 e. The first-order valence-corrected chi connectivity index (χ1v) is 7.78. The Morgan fingerprint density at radius 3 is 2.71 bits per heavy atom. The highest BCUT2D eigenvalue weighted by atomic mass is 16.2. The molecule has 1 fully saturated rings. The molecule has 3 N–H and O–H groups in total. The van der Waals surface area contributed by atoms with E-state index in [9.17, 15) is 4.79 Å². The minimum atomic E-state index is 0.0412. The van der Waals surface area contributed by atoms with Gasteiger partial charge in [0.15, 0.2) is 0 Å². The molecule has 1 aromatic carbocycles. The fourth-order valence-electron chi connectivity index (χ4n) is 2.60. The SMILES string of the molecule is NCCCN1CCCN(C(=O)NCc2ccccc2)CC1. The van der Waals surface area contributed by atoms with Crippen LogP contribution in [0.1, 0.15) is 18.4 Å². The van der Waals surface area contributed by atoms with Crippen molar-refractivity contribution in [3.63, 3.8) is 0 Å². The van der Waals surface area contributed by atoms with Gasteiger partial charge in [-0.3, -0.25) is 0 Å². The fourth-order valence-corrected chi connectivity index (χ4v) is 2.60. The monoisotopic (exact) mass is 290 g/mol. The molecule has 0 spiro atoms. The zero-order valence-electron chi connectivity index (χ0n) is 12.6. The Balaban J connectivity index is 1.75. The Bertz CT molecular complexity index is 424. The molecule has 0 aromatic heterocycles. The summed E-state index contributed by atoms with van der Waals surface area (Å²) in [7, 11) is 0. The molecule has 1 aromatic rings. The van der Waals surface area contributed by atoms with Crippen LogP contribution in [0.5, 0.6) is 0 Å². The van der Waals surface area contributed by atoms with Crippen molar-refractivity contribution in [3.8, 4) is 0 Å². The van der Waals surface area contributed by atoms with Crippen LogP contribution in [0.4, 0.5) is 4.79 Å². The Hall–Kier alpha value is -1.59. The van der Waals surface area contributed by atoms with Crippen LogP contribution >= 0.6 is 0 Å². The summed E-state index contributed by atoms with van der Waals surface area (Å²) in [5.41, 5.74) is 6.68. The second kappa shape index (κ2) is 8.64. The second-order valence-corrected chi connectivity index (χ2v) is 5.47. The molecule has 116 valence electrons. The highest BCUT2D eigenvalue weighted by Gasteiger charge is 2.18. The number of benzene rings is 1. The number of carbonyl (C=O) groups is 1. The van der Waals surface area contributed by atoms with Crippen LogP contribution in [-0.4, -0.2) is 55.1 Å². The first kappa shape index (κ1) is 15.8. The molecule has 0 aliphatic carbocycles. The summed E-state index contributed by atoms with van der Waals surface area (Å²) in [5, 5.41) is 3.00. The highest BCUT2D eigenvalue weighted by Crippen LogP contribution is 2.05. The summed E-state index contributed by atoms with van der Waals surface area (Å²) in [4.78, 5) is 16.5. The number of nitrogens with zero attached hydrogens (tertiary/aromatic N) is 2. The molecule has 0 saturated carbocycles. The van der Waals surface area contributed by atoms with Crippen molar-refractivity contribution in [2.45, 2.75) is 19.4 Å². The lowest BCUT2D eigenvalue weighted by molar-refractivity contribution is 0.197. The minimum Gasteiger partial charge on any atom is -0.334 e. The molecule has 1 heterocycles. The number of rotatable bonds is 5. The van der Waals surface area contributed by atoms with Crippen LogP contribution in [0, 0.1) is 0 Å². The van der Waals surface area contributed by atoms with E-state index in [-0.39, 0.29) is 6.03 Å². The molecule has 0 atom stereocenters. The van der Waals surface area contributed by atoms with Crippen molar-refractivity contribution in [1.82, 2.24) is 15.1 Å². The van der Waals surface area contributed by atoms with Crippen LogP contribution < -0.4 is 11.1 Å². The quantitative estimate of drug-likeness (QED) is 0.858. The predicted octanol–water partition coefficient (Wildman–Crippen LogP) is 1.25. The van der Waals surface area contributed by atoms with E-state index < -0.39 is 0 Å². The number of nitrogens with two attached hydrogens (primary N) is 1. The normalized spacial score (nSPS) is 16.5. The van der Waals surface area contributed by atoms with E-state index in [1.807, 2.05) is 35.2 Å². The average Bonchev–Trinajstić information content (AvgIpc) is 2.77. The maximum atomic E-state index is 12.2. The van der Waals surface area contributed by atoms with Crippen molar-refractivity contribution in [1.29, 1.82) is 0 Å². The molecular formula is C16H26N4O. The number of carbonyl (C=O) groups excluding carboxylic acids is 1. The van der Waals surface area contributed by atoms with Crippen molar-refractivity contribution < 1.29 is 4.79 Å². The summed E-state index contributed by atoms with van der Waals surface area (Å²) >= 11 is 0. The standard InChI is InChI=1S/C16H26N4O/c17-8-4-9-19-10-5-11-20(13-12-19)16(21)18-14-15-6-2-1-3-7-15/h1-3,6-7H,4-5,8-14,17H2,(H,18,21). The van der Waals surface area contributed by atoms with Gasteiger partial charge in [-0.25, -0.2) is 4.79 Å². The highest BCUT2D eigenvalue weighted by molar-refractivity contribution is 5.74. The summed E-state index contributed by atoms with van der Waals surface area (Å²) in [6.45, 7) is 5.99. The van der Waals surface area contributed by atoms with Gasteiger partial charge < -0.3 is 20.9 Å². The van der Waals surface area contributed by atoms with Crippen molar-refractivity contribution in [3.05, 3.63) is 35.9 Å². The van der Waals surface area contributed by atoms with E-state index in [4.69, 9.17) is 5.73 Å². The van der Waals surface area contributed by atoms with Gasteiger partial charge in [0, 0.05) is 26.2 Å². The van der Waals surface area contributed by atoms with Crippen molar-refractivity contribution in [2.24, 2.45) is 5.73 Å². The molecule has 5 nitrogen and oxygen atoms in total. The van der Waals surface area contributed by atoms with Crippen molar-refractivity contribution in [2.75, 3.05) is 39.3 Å². The molecule has 1 aliphatic heterocycles. The average molecular weight is 290 g/mol. The third-order valence-electron chi connectivity index (χ3n) is 3.84. The number of nitrogens with one attached hydrogen (secondary N) is 1. The summed E-state index contributed by atoms with van der Waals surface area (Å²) in [6, 6.07) is 10.1. The topological polar surface area (TPSA) is 61.6 Å². The van der Waals surface area contributed by atoms with E-state index in [0.717, 1.165) is 57.7 Å². The zero-order valence-corrected chi connectivity index (χ0v) is 12.6. The smallest absolute Gasteiger partial charge is 0.317 e. The number of amides is 2. The molecule has 2 rings (SSSR count). The molecule has 0 radical (unpaired) electrons. The third-order valence-corrected chi connectivity index (χ3v) is 3.84. The van der Waals surface area contributed by atoms with E-state index >= 15 is 0 Å². The zero-order chi connectivity index (χ0) is 14.9. The molecule has 1 saturated heterocycles. The van der Waals surface area contributed by atoms with E-state index in [0.29, 0.717) is 6.54 Å². The molecule has 21 heavy (non-hydrogen) atoms. The Morgan fingerprint density at radius 2 is 1.95 bits per heavy atom. The molecule has 1 aliphatic rings. The molecule has 5 heteroatoms. The maximum absolute atomic E-state index is 12.2. The molecule has 2 amide bonds. The van der Waals surface area contributed by atoms with Crippen LogP contribution in [0.15, 0.2) is 30.3 Å². The van der Waals surface area contributed by atoms with Gasteiger partial charge >= 0.3 is 6.03 Å². The molecule has 0 unspecified atom stereocenters. The fraction of sp³-hybridized carbons (Fsp3) is 0.562. The van der Waals surface area contributed by atoms with Gasteiger partial charge in [0.2, 0.25) is 0 Å². The lowest BCUT2D eigenvalue weighted by atomic mass is 10.2. The minimum absolute atomic E-state index is 0.0412. The predicted molar refractivity (Wildman–Crippen MR) is 85.0 cm³/mol. The lowest BCUT2D eigenvalue weighted by Gasteiger charge is -2.22. The van der Waals surface area contributed by atoms with Crippen LogP contribution in [0.3, 0.4) is 0 Å². The van der Waals surface area contributed by atoms with Crippen LogP contribution in [-0.2, 0) is 6.54 Å². The van der Waals surface area contributed by atoms with E-state index in [1.54, 1.807) is 0 Å². The van der Waals surface area contributed by atoms with E-state index in [2.05, 4.69) is 10.2 Å². The van der Waals surface area contributed by atoms with Crippen LogP contribution in [0.25, 0.3) is 0 Å². The number of urea groups is 1. The Labute approximate surface area is 127 Å². The van der Waals surface area contributed by atoms with Crippen molar-refractivity contribution >= 4 is 6.03 Å². The van der Waals surface area contributed by atoms with Gasteiger partial charge in [-0.2, -0.15) is 0 Å². The first-order chi connectivity index (χ1) is 10.3. The van der Waals surface area contributed by atoms with Gasteiger partial charge in [0.1, 0.15) is 0 Å². The molecule has 0 bridgehead atoms. The first-order valence-electron chi connectivity index (χ1n) is 7.78. The summed E-state index contributed by atoms with van der Waals surface area (Å²) < 4.78 is 0. The Kier molecular flexibility index (Phi) is 6.50. The third kappa shape index (κ3) is 5.36. The second-order valence-electron chi connectivity index (χ2n) is 5.47. The van der Waals surface area contributed by atoms with Gasteiger partial charge in [-0.15, -0.1) is 0 Å². The number of hydrogen-bond acceptors (Lipinski definition) is 3. The van der Waals surface area contributed by atoms with Gasteiger partial charge in [-0.1, -0.05) is 30.3 Å². The van der Waals surface area contributed by atoms with Crippen LogP contribution in [0.2, 0.25) is 0 Å². The van der Waals surface area contributed by atoms with E-state index in [1.165, 1.54) is 0 Å². The van der Waals surface area contributed by atoms with Gasteiger partial charge in [0.05, 0.1) is 0 Å². The summed E-state index contributed by atoms with van der Waals surface area (Å²) in [5.74, 6) is 0. The number of hydrogen-bond donors (Lipinski definition) is 2. The van der Waals surface area contributed by atoms with Gasteiger partial charge in [0.25, 0.3) is 0 Å².